The van der Waals surface area contributed by atoms with Crippen LogP contribution in [0.2, 0.25) is 5.02 Å². The van der Waals surface area contributed by atoms with E-state index in [4.69, 9.17) is 17.3 Å². The lowest BCUT2D eigenvalue weighted by atomic mass is 10.2. The van der Waals surface area contributed by atoms with E-state index in [0.717, 1.165) is 5.56 Å². The van der Waals surface area contributed by atoms with E-state index in [1.54, 1.807) is 24.3 Å². The molecule has 7 heteroatoms. The average molecular weight is 314 g/mol. The van der Waals surface area contributed by atoms with Gasteiger partial charge in [0.15, 0.2) is 0 Å². The number of nitrogens with two attached hydrogens (primary N) is 1. The van der Waals surface area contributed by atoms with E-state index in [1.165, 1.54) is 17.5 Å². The first-order chi connectivity index (χ1) is 9.45. The van der Waals surface area contributed by atoms with Gasteiger partial charge < -0.3 is 10.7 Å². The molecule has 0 bridgehead atoms. The Hall–Kier alpha value is -1.34. The van der Waals surface area contributed by atoms with Gasteiger partial charge in [-0.1, -0.05) is 29.8 Å². The Morgan fingerprint density at radius 2 is 2.05 bits per heavy atom. The van der Waals surface area contributed by atoms with Gasteiger partial charge >= 0.3 is 0 Å². The summed E-state index contributed by atoms with van der Waals surface area (Å²) in [6, 6.07) is 8.71. The molecule has 20 heavy (non-hydrogen) atoms. The Balaban J connectivity index is 2.23. The van der Waals surface area contributed by atoms with Crippen molar-refractivity contribution in [2.24, 2.45) is 5.73 Å². The average Bonchev–Trinajstić information content (AvgIpc) is 2.90. The summed E-state index contributed by atoms with van der Waals surface area (Å²) in [5.41, 5.74) is 6.90. The third-order valence-electron chi connectivity index (χ3n) is 3.00. The van der Waals surface area contributed by atoms with Gasteiger partial charge in [0, 0.05) is 37.1 Å². The fourth-order valence-corrected chi connectivity index (χ4v) is 3.18. The number of aromatic nitrogens is 1. The van der Waals surface area contributed by atoms with Crippen LogP contribution in [0.5, 0.6) is 0 Å². The molecule has 0 fully saturated rings. The van der Waals surface area contributed by atoms with Gasteiger partial charge in [-0.25, -0.2) is 8.42 Å². The van der Waals surface area contributed by atoms with Crippen LogP contribution < -0.4 is 5.73 Å². The summed E-state index contributed by atoms with van der Waals surface area (Å²) < 4.78 is 26.1. The zero-order valence-corrected chi connectivity index (χ0v) is 12.6. The molecular weight excluding hydrogens is 298 g/mol. The van der Waals surface area contributed by atoms with E-state index in [0.29, 0.717) is 10.7 Å². The summed E-state index contributed by atoms with van der Waals surface area (Å²) in [6.07, 6.45) is 1.45. The molecule has 0 aliphatic rings. The number of aromatic amines is 1. The van der Waals surface area contributed by atoms with Crippen molar-refractivity contribution in [3.8, 4) is 0 Å². The molecule has 5 nitrogen and oxygen atoms in total. The second kappa shape index (κ2) is 5.97. The summed E-state index contributed by atoms with van der Waals surface area (Å²) >= 11 is 6.05. The van der Waals surface area contributed by atoms with Crippen molar-refractivity contribution < 1.29 is 8.42 Å². The van der Waals surface area contributed by atoms with Crippen molar-refractivity contribution in [1.82, 2.24) is 9.29 Å². The highest BCUT2D eigenvalue weighted by atomic mass is 35.5. The van der Waals surface area contributed by atoms with E-state index in [1.807, 2.05) is 6.07 Å². The molecule has 2 rings (SSSR count). The SMILES string of the molecule is CN(Cc1ccccc1Cl)S(=O)(=O)c1c[nH]c(CN)c1. The molecular formula is C13H16ClN3O2S. The lowest BCUT2D eigenvalue weighted by Crippen LogP contribution is -2.26. The first-order valence-corrected chi connectivity index (χ1v) is 7.84. The number of benzene rings is 1. The minimum atomic E-state index is -3.56. The number of sulfonamides is 1. The summed E-state index contributed by atoms with van der Waals surface area (Å²) in [5.74, 6) is 0. The van der Waals surface area contributed by atoms with Crippen molar-refractivity contribution in [2.75, 3.05) is 7.05 Å². The molecule has 1 aromatic heterocycles. The van der Waals surface area contributed by atoms with Crippen molar-refractivity contribution in [3.63, 3.8) is 0 Å². The van der Waals surface area contributed by atoms with Crippen LogP contribution in [-0.4, -0.2) is 24.8 Å². The molecule has 0 saturated heterocycles. The van der Waals surface area contributed by atoms with Gasteiger partial charge in [0.25, 0.3) is 0 Å². The fourth-order valence-electron chi connectivity index (χ4n) is 1.82. The highest BCUT2D eigenvalue weighted by Crippen LogP contribution is 2.21. The molecule has 0 unspecified atom stereocenters. The van der Waals surface area contributed by atoms with E-state index >= 15 is 0 Å². The minimum Gasteiger partial charge on any atom is -0.363 e. The summed E-state index contributed by atoms with van der Waals surface area (Å²) in [5, 5.41) is 0.547. The number of nitrogens with one attached hydrogen (secondary N) is 1. The highest BCUT2D eigenvalue weighted by Gasteiger charge is 2.22. The topological polar surface area (TPSA) is 79.2 Å². The second-order valence-electron chi connectivity index (χ2n) is 4.42. The maximum Gasteiger partial charge on any atom is 0.244 e. The van der Waals surface area contributed by atoms with Crippen LogP contribution in [-0.2, 0) is 23.1 Å². The molecule has 0 saturated carbocycles. The predicted octanol–water partition coefficient (Wildman–Crippen LogP) is 1.95. The van der Waals surface area contributed by atoms with Gasteiger partial charge in [0.05, 0.1) is 4.90 Å². The molecule has 0 atom stereocenters. The zero-order valence-electron chi connectivity index (χ0n) is 11.0. The van der Waals surface area contributed by atoms with Crippen molar-refractivity contribution in [1.29, 1.82) is 0 Å². The predicted molar refractivity (Wildman–Crippen MR) is 78.8 cm³/mol. The summed E-state index contributed by atoms with van der Waals surface area (Å²) in [4.78, 5) is 3.04. The van der Waals surface area contributed by atoms with E-state index < -0.39 is 10.0 Å². The standard InChI is InChI=1S/C13H16ClN3O2S/c1-17(9-10-4-2-3-5-13(10)14)20(18,19)12-6-11(7-15)16-8-12/h2-6,8,16H,7,9,15H2,1H3. The maximum atomic E-state index is 12.4. The molecule has 1 heterocycles. The maximum absolute atomic E-state index is 12.4. The van der Waals surface area contributed by atoms with Crippen molar-refractivity contribution >= 4 is 21.6 Å². The number of rotatable bonds is 5. The number of H-pyrrole nitrogens is 1. The van der Waals surface area contributed by atoms with Crippen LogP contribution in [0.1, 0.15) is 11.3 Å². The van der Waals surface area contributed by atoms with Crippen molar-refractivity contribution in [3.05, 3.63) is 52.8 Å². The Kier molecular flexibility index (Phi) is 4.49. The quantitative estimate of drug-likeness (QED) is 0.885. The van der Waals surface area contributed by atoms with Gasteiger partial charge in [-0.05, 0) is 17.7 Å². The molecule has 0 spiro atoms. The number of nitrogens with zero attached hydrogens (tertiary/aromatic N) is 1. The molecule has 0 aliphatic heterocycles. The smallest absolute Gasteiger partial charge is 0.244 e. The Labute approximate surface area is 123 Å². The Morgan fingerprint density at radius 3 is 2.65 bits per heavy atom. The lowest BCUT2D eigenvalue weighted by Gasteiger charge is -2.17. The molecule has 2 aromatic rings. The van der Waals surface area contributed by atoms with Crippen LogP contribution in [0, 0.1) is 0 Å². The van der Waals surface area contributed by atoms with Gasteiger partial charge in [0.2, 0.25) is 10.0 Å². The Bertz CT molecular complexity index is 697. The first kappa shape index (κ1) is 15.1. The molecule has 1 aromatic carbocycles. The molecule has 3 N–H and O–H groups in total. The monoisotopic (exact) mass is 313 g/mol. The van der Waals surface area contributed by atoms with Gasteiger partial charge in [-0.15, -0.1) is 0 Å². The lowest BCUT2D eigenvalue weighted by molar-refractivity contribution is 0.467. The van der Waals surface area contributed by atoms with E-state index in [-0.39, 0.29) is 18.0 Å². The van der Waals surface area contributed by atoms with Crippen LogP contribution in [0.25, 0.3) is 0 Å². The van der Waals surface area contributed by atoms with Crippen LogP contribution in [0.15, 0.2) is 41.4 Å². The van der Waals surface area contributed by atoms with Crippen LogP contribution in [0.3, 0.4) is 0 Å². The Morgan fingerprint density at radius 1 is 1.35 bits per heavy atom. The normalized spacial score (nSPS) is 12.0. The van der Waals surface area contributed by atoms with Gasteiger partial charge in [-0.2, -0.15) is 4.31 Å². The zero-order chi connectivity index (χ0) is 14.8. The van der Waals surface area contributed by atoms with Gasteiger partial charge in [0.1, 0.15) is 0 Å². The fraction of sp³-hybridized carbons (Fsp3) is 0.231. The number of hydrogen-bond acceptors (Lipinski definition) is 3. The van der Waals surface area contributed by atoms with Crippen LogP contribution in [0.4, 0.5) is 0 Å². The highest BCUT2D eigenvalue weighted by molar-refractivity contribution is 7.89. The van der Waals surface area contributed by atoms with Crippen molar-refractivity contribution in [2.45, 2.75) is 18.0 Å². The van der Waals surface area contributed by atoms with E-state index in [9.17, 15) is 8.42 Å². The van der Waals surface area contributed by atoms with E-state index in [2.05, 4.69) is 4.98 Å². The number of hydrogen-bond donors (Lipinski definition) is 2. The third kappa shape index (κ3) is 3.04. The van der Waals surface area contributed by atoms with Crippen LogP contribution >= 0.6 is 11.6 Å². The van der Waals surface area contributed by atoms with Gasteiger partial charge in [-0.3, -0.25) is 0 Å². The molecule has 0 amide bonds. The minimum absolute atomic E-state index is 0.201. The molecule has 0 radical (unpaired) electrons. The molecule has 108 valence electrons. The number of halogens is 1. The third-order valence-corrected chi connectivity index (χ3v) is 5.15. The summed E-state index contributed by atoms with van der Waals surface area (Å²) in [6.45, 7) is 0.481. The molecule has 0 aliphatic carbocycles. The first-order valence-electron chi connectivity index (χ1n) is 6.02. The largest absolute Gasteiger partial charge is 0.363 e. The second-order valence-corrected chi connectivity index (χ2v) is 6.87. The summed E-state index contributed by atoms with van der Waals surface area (Å²) in [7, 11) is -2.03.